The van der Waals surface area contributed by atoms with E-state index >= 15 is 0 Å². The van der Waals surface area contributed by atoms with Crippen molar-refractivity contribution in [1.29, 1.82) is 0 Å². The van der Waals surface area contributed by atoms with E-state index in [9.17, 15) is 4.79 Å². The van der Waals surface area contributed by atoms with Gasteiger partial charge in [-0.05, 0) is 51.3 Å². The SMILES string of the molecule is O=C(c1cccc(Cn2cc(Br)cn2)c1)N1CCN(Cc2cccc(Cl)c2)CC1. The number of rotatable bonds is 5. The number of piperazine rings is 1. The molecule has 0 radical (unpaired) electrons. The van der Waals surface area contributed by atoms with Gasteiger partial charge in [0.15, 0.2) is 0 Å². The highest BCUT2D eigenvalue weighted by atomic mass is 79.9. The minimum Gasteiger partial charge on any atom is -0.336 e. The zero-order valence-electron chi connectivity index (χ0n) is 16.0. The quantitative estimate of drug-likeness (QED) is 0.555. The molecule has 29 heavy (non-hydrogen) atoms. The summed E-state index contributed by atoms with van der Waals surface area (Å²) in [6.07, 6.45) is 3.69. The van der Waals surface area contributed by atoms with Crippen LogP contribution in [0, 0.1) is 0 Å². The van der Waals surface area contributed by atoms with Crippen molar-refractivity contribution in [3.63, 3.8) is 0 Å². The minimum atomic E-state index is 0.0934. The van der Waals surface area contributed by atoms with E-state index in [-0.39, 0.29) is 5.91 Å². The second-order valence-electron chi connectivity index (χ2n) is 7.25. The Balaban J connectivity index is 1.35. The third-order valence-corrected chi connectivity index (χ3v) is 5.72. The summed E-state index contributed by atoms with van der Waals surface area (Å²) in [4.78, 5) is 17.3. The Morgan fingerprint density at radius 3 is 2.41 bits per heavy atom. The lowest BCUT2D eigenvalue weighted by atomic mass is 10.1. The third kappa shape index (κ3) is 5.26. The zero-order valence-corrected chi connectivity index (χ0v) is 18.3. The molecule has 1 aromatic heterocycles. The van der Waals surface area contributed by atoms with Crippen LogP contribution in [0.2, 0.25) is 5.02 Å². The first-order valence-corrected chi connectivity index (χ1v) is 10.8. The summed E-state index contributed by atoms with van der Waals surface area (Å²) in [5.41, 5.74) is 3.00. The molecule has 1 saturated heterocycles. The van der Waals surface area contributed by atoms with Crippen LogP contribution >= 0.6 is 27.5 Å². The van der Waals surface area contributed by atoms with Crippen LogP contribution in [0.15, 0.2) is 65.4 Å². The van der Waals surface area contributed by atoms with Crippen molar-refractivity contribution < 1.29 is 4.79 Å². The van der Waals surface area contributed by atoms with Crippen molar-refractivity contribution in [2.75, 3.05) is 26.2 Å². The van der Waals surface area contributed by atoms with Crippen molar-refractivity contribution in [2.24, 2.45) is 0 Å². The normalized spacial score (nSPS) is 14.9. The number of hydrogen-bond acceptors (Lipinski definition) is 3. The van der Waals surface area contributed by atoms with Crippen LogP contribution < -0.4 is 0 Å². The number of hydrogen-bond donors (Lipinski definition) is 0. The maximum atomic E-state index is 13.0. The molecule has 0 aliphatic carbocycles. The summed E-state index contributed by atoms with van der Waals surface area (Å²) in [5, 5.41) is 5.05. The summed E-state index contributed by atoms with van der Waals surface area (Å²) in [7, 11) is 0. The highest BCUT2D eigenvalue weighted by Gasteiger charge is 2.22. The summed E-state index contributed by atoms with van der Waals surface area (Å²) >= 11 is 9.49. The fourth-order valence-corrected chi connectivity index (χ4v) is 4.14. The number of amides is 1. The number of nitrogens with zero attached hydrogens (tertiary/aromatic N) is 4. The van der Waals surface area contributed by atoms with Gasteiger partial charge in [0.1, 0.15) is 0 Å². The van der Waals surface area contributed by atoms with Crippen LogP contribution in [0.25, 0.3) is 0 Å². The zero-order chi connectivity index (χ0) is 20.2. The van der Waals surface area contributed by atoms with Crippen molar-refractivity contribution >= 4 is 33.4 Å². The van der Waals surface area contributed by atoms with Crippen LogP contribution in [-0.4, -0.2) is 51.7 Å². The lowest BCUT2D eigenvalue weighted by Gasteiger charge is -2.35. The van der Waals surface area contributed by atoms with E-state index in [1.807, 2.05) is 58.2 Å². The summed E-state index contributed by atoms with van der Waals surface area (Å²) in [5.74, 6) is 0.0934. The predicted molar refractivity (Wildman–Crippen MR) is 118 cm³/mol. The second kappa shape index (κ2) is 9.11. The molecule has 3 aromatic rings. The first-order chi connectivity index (χ1) is 14.1. The molecule has 0 saturated carbocycles. The molecule has 0 atom stereocenters. The summed E-state index contributed by atoms with van der Waals surface area (Å²) in [6.45, 7) is 4.68. The standard InChI is InChI=1S/C22H22BrClN4O/c23-20-13-25-28(16-20)15-17-3-1-5-19(11-17)22(29)27-9-7-26(8-10-27)14-18-4-2-6-21(24)12-18/h1-6,11-13,16H,7-10,14-15H2. The molecule has 1 aliphatic heterocycles. The number of halogens is 2. The van der Waals surface area contributed by atoms with E-state index in [0.29, 0.717) is 6.54 Å². The fraction of sp³-hybridized carbons (Fsp3) is 0.273. The Labute approximate surface area is 184 Å². The molecule has 1 fully saturated rings. The third-order valence-electron chi connectivity index (χ3n) is 5.07. The van der Waals surface area contributed by atoms with Gasteiger partial charge in [0, 0.05) is 49.5 Å². The number of aromatic nitrogens is 2. The largest absolute Gasteiger partial charge is 0.336 e. The van der Waals surface area contributed by atoms with E-state index in [2.05, 4.69) is 32.0 Å². The van der Waals surface area contributed by atoms with E-state index in [4.69, 9.17) is 11.6 Å². The van der Waals surface area contributed by atoms with E-state index < -0.39 is 0 Å². The summed E-state index contributed by atoms with van der Waals surface area (Å²) in [6, 6.07) is 15.8. The smallest absolute Gasteiger partial charge is 0.253 e. The average Bonchev–Trinajstić information content (AvgIpc) is 3.13. The molecule has 150 valence electrons. The predicted octanol–water partition coefficient (Wildman–Crippen LogP) is 4.31. The molecule has 4 rings (SSSR count). The minimum absolute atomic E-state index is 0.0934. The lowest BCUT2D eigenvalue weighted by Crippen LogP contribution is -2.48. The Hall–Kier alpha value is -2.15. The lowest BCUT2D eigenvalue weighted by molar-refractivity contribution is 0.0628. The van der Waals surface area contributed by atoms with Crippen LogP contribution in [0.1, 0.15) is 21.5 Å². The maximum absolute atomic E-state index is 13.0. The Kier molecular flexibility index (Phi) is 6.33. The molecule has 2 heterocycles. The van der Waals surface area contributed by atoms with Crippen molar-refractivity contribution in [2.45, 2.75) is 13.1 Å². The molecular formula is C22H22BrClN4O. The van der Waals surface area contributed by atoms with Gasteiger partial charge in [-0.3, -0.25) is 14.4 Å². The second-order valence-corrected chi connectivity index (χ2v) is 8.61. The first kappa shape index (κ1) is 20.1. The average molecular weight is 474 g/mol. The van der Waals surface area contributed by atoms with E-state index in [0.717, 1.165) is 53.3 Å². The maximum Gasteiger partial charge on any atom is 0.253 e. The summed E-state index contributed by atoms with van der Waals surface area (Å²) < 4.78 is 2.79. The molecule has 1 amide bonds. The molecule has 7 heteroatoms. The monoisotopic (exact) mass is 472 g/mol. The topological polar surface area (TPSA) is 41.4 Å². The van der Waals surface area contributed by atoms with Crippen molar-refractivity contribution in [1.82, 2.24) is 19.6 Å². The molecular weight excluding hydrogens is 452 g/mol. The van der Waals surface area contributed by atoms with Crippen LogP contribution in [0.3, 0.4) is 0 Å². The van der Waals surface area contributed by atoms with Gasteiger partial charge >= 0.3 is 0 Å². The molecule has 2 aromatic carbocycles. The molecule has 0 unspecified atom stereocenters. The number of carbonyl (C=O) groups excluding carboxylic acids is 1. The Bertz CT molecular complexity index is 998. The van der Waals surface area contributed by atoms with Gasteiger partial charge in [-0.15, -0.1) is 0 Å². The van der Waals surface area contributed by atoms with E-state index in [1.165, 1.54) is 5.56 Å². The Morgan fingerprint density at radius 1 is 1.00 bits per heavy atom. The van der Waals surface area contributed by atoms with Gasteiger partial charge in [0.2, 0.25) is 0 Å². The van der Waals surface area contributed by atoms with Crippen molar-refractivity contribution in [3.05, 3.63) is 87.1 Å². The van der Waals surface area contributed by atoms with E-state index in [1.54, 1.807) is 6.20 Å². The molecule has 1 aliphatic rings. The van der Waals surface area contributed by atoms with Gasteiger partial charge < -0.3 is 4.90 Å². The van der Waals surface area contributed by atoms with Crippen LogP contribution in [-0.2, 0) is 13.1 Å². The highest BCUT2D eigenvalue weighted by molar-refractivity contribution is 9.10. The molecule has 5 nitrogen and oxygen atoms in total. The first-order valence-electron chi connectivity index (χ1n) is 9.60. The Morgan fingerprint density at radius 2 is 1.72 bits per heavy atom. The number of carbonyl (C=O) groups is 1. The fourth-order valence-electron chi connectivity index (χ4n) is 3.60. The molecule has 0 N–H and O–H groups in total. The van der Waals surface area contributed by atoms with Gasteiger partial charge in [-0.1, -0.05) is 35.9 Å². The van der Waals surface area contributed by atoms with Crippen LogP contribution in [0.4, 0.5) is 0 Å². The molecule has 0 spiro atoms. The van der Waals surface area contributed by atoms with Gasteiger partial charge in [-0.25, -0.2) is 0 Å². The van der Waals surface area contributed by atoms with Gasteiger partial charge in [-0.2, -0.15) is 5.10 Å². The van der Waals surface area contributed by atoms with Gasteiger partial charge in [0.25, 0.3) is 5.91 Å². The number of benzene rings is 2. The van der Waals surface area contributed by atoms with Crippen molar-refractivity contribution in [3.8, 4) is 0 Å². The van der Waals surface area contributed by atoms with Gasteiger partial charge in [0.05, 0.1) is 17.2 Å². The molecule has 0 bridgehead atoms. The van der Waals surface area contributed by atoms with Crippen LogP contribution in [0.5, 0.6) is 0 Å². The highest BCUT2D eigenvalue weighted by Crippen LogP contribution is 2.16.